The van der Waals surface area contributed by atoms with E-state index >= 15 is 0 Å². The van der Waals surface area contributed by atoms with E-state index in [4.69, 9.17) is 0 Å². The fraction of sp³-hybridized carbons (Fsp3) is 0.619. The number of para-hydroxylation sites is 1. The number of halogens is 1. The zero-order valence-corrected chi connectivity index (χ0v) is 19.7. The molecule has 0 spiro atoms. The highest BCUT2D eigenvalue weighted by Crippen LogP contribution is 2.11. The second-order valence-electron chi connectivity index (χ2n) is 6.99. The van der Waals surface area contributed by atoms with Crippen molar-refractivity contribution in [1.82, 2.24) is 15.5 Å². The van der Waals surface area contributed by atoms with E-state index in [1.807, 2.05) is 11.0 Å². The number of carbonyl (C=O) groups is 1. The van der Waals surface area contributed by atoms with Crippen LogP contribution in [0.5, 0.6) is 0 Å². The van der Waals surface area contributed by atoms with Crippen LogP contribution in [0.1, 0.15) is 39.0 Å². The van der Waals surface area contributed by atoms with E-state index in [2.05, 4.69) is 58.8 Å². The number of aliphatic imine (C=N–C) groups is 1. The molecule has 0 radical (unpaired) electrons. The lowest BCUT2D eigenvalue weighted by molar-refractivity contribution is -0.130. The molecular formula is C21H36IN5O. The summed E-state index contributed by atoms with van der Waals surface area (Å²) in [6.45, 7) is 7.09. The number of benzene rings is 1. The summed E-state index contributed by atoms with van der Waals surface area (Å²) in [7, 11) is 2.10. The molecule has 2 N–H and O–H groups in total. The summed E-state index contributed by atoms with van der Waals surface area (Å²) in [6.07, 6.45) is 4.97. The van der Waals surface area contributed by atoms with Crippen molar-refractivity contribution in [2.45, 2.75) is 39.0 Å². The van der Waals surface area contributed by atoms with Crippen LogP contribution < -0.4 is 15.5 Å². The number of likely N-dealkylation sites (N-methyl/N-ethyl adjacent to an activating group) is 1. The van der Waals surface area contributed by atoms with Gasteiger partial charge in [0.25, 0.3) is 0 Å². The zero-order chi connectivity index (χ0) is 19.3. The zero-order valence-electron chi connectivity index (χ0n) is 17.3. The molecule has 1 aromatic carbocycles. The smallest absolute Gasteiger partial charge is 0.222 e. The molecule has 2 rings (SSSR count). The van der Waals surface area contributed by atoms with Crippen LogP contribution >= 0.6 is 24.0 Å². The number of anilines is 1. The second kappa shape index (κ2) is 14.5. The Bertz CT molecular complexity index is 581. The highest BCUT2D eigenvalue weighted by Gasteiger charge is 2.15. The van der Waals surface area contributed by atoms with Crippen molar-refractivity contribution in [3.8, 4) is 0 Å². The third kappa shape index (κ3) is 9.12. The Kier molecular flexibility index (Phi) is 12.7. The van der Waals surface area contributed by atoms with E-state index in [9.17, 15) is 4.79 Å². The van der Waals surface area contributed by atoms with E-state index in [0.29, 0.717) is 12.3 Å². The third-order valence-electron chi connectivity index (χ3n) is 4.81. The first kappa shape index (κ1) is 24.5. The van der Waals surface area contributed by atoms with Gasteiger partial charge in [-0.05, 0) is 38.3 Å². The lowest BCUT2D eigenvalue weighted by Crippen LogP contribution is -2.41. The minimum absolute atomic E-state index is 0. The Morgan fingerprint density at radius 1 is 1.18 bits per heavy atom. The van der Waals surface area contributed by atoms with Crippen molar-refractivity contribution in [2.24, 2.45) is 4.99 Å². The first-order valence-electron chi connectivity index (χ1n) is 10.3. The first-order valence-corrected chi connectivity index (χ1v) is 10.3. The molecule has 1 aromatic rings. The summed E-state index contributed by atoms with van der Waals surface area (Å²) in [4.78, 5) is 20.9. The van der Waals surface area contributed by atoms with Gasteiger partial charge in [-0.3, -0.25) is 9.79 Å². The molecule has 28 heavy (non-hydrogen) atoms. The fourth-order valence-electron chi connectivity index (χ4n) is 3.22. The third-order valence-corrected chi connectivity index (χ3v) is 4.81. The van der Waals surface area contributed by atoms with Crippen molar-refractivity contribution < 1.29 is 4.79 Å². The molecule has 1 saturated heterocycles. The van der Waals surface area contributed by atoms with E-state index in [-0.39, 0.29) is 24.0 Å². The quantitative estimate of drug-likeness (QED) is 0.236. The predicted octanol–water partition coefficient (Wildman–Crippen LogP) is 3.09. The standard InChI is InChI=1S/C21H35N5O.HI/c1-3-22-21(24-15-18-25(2)19-11-6-4-7-12-19)23-14-10-17-26-16-9-5-8-13-20(26)27;/h4,6-7,11-12H,3,5,8-10,13-18H2,1-2H3,(H2,22,23,24);1H. The second-order valence-corrected chi connectivity index (χ2v) is 6.99. The molecule has 0 aliphatic carbocycles. The van der Waals surface area contributed by atoms with Gasteiger partial charge in [-0.2, -0.15) is 0 Å². The van der Waals surface area contributed by atoms with Crippen molar-refractivity contribution in [1.29, 1.82) is 0 Å². The van der Waals surface area contributed by atoms with Crippen LogP contribution in [0.3, 0.4) is 0 Å². The van der Waals surface area contributed by atoms with Crippen LogP contribution in [-0.2, 0) is 4.79 Å². The number of amides is 1. The normalized spacial score (nSPS) is 14.9. The van der Waals surface area contributed by atoms with Crippen molar-refractivity contribution >= 4 is 41.5 Å². The molecule has 0 aromatic heterocycles. The monoisotopic (exact) mass is 501 g/mol. The van der Waals surface area contributed by atoms with E-state index in [0.717, 1.165) is 64.5 Å². The molecule has 1 fully saturated rings. The summed E-state index contributed by atoms with van der Waals surface area (Å²) < 4.78 is 0. The van der Waals surface area contributed by atoms with Crippen molar-refractivity contribution in [3.63, 3.8) is 0 Å². The molecular weight excluding hydrogens is 465 g/mol. The number of hydrogen-bond acceptors (Lipinski definition) is 3. The lowest BCUT2D eigenvalue weighted by atomic mass is 10.2. The van der Waals surface area contributed by atoms with E-state index < -0.39 is 0 Å². The number of hydrogen-bond donors (Lipinski definition) is 2. The summed E-state index contributed by atoms with van der Waals surface area (Å²) in [5.41, 5.74) is 1.21. The van der Waals surface area contributed by atoms with Gasteiger partial charge in [-0.1, -0.05) is 24.6 Å². The summed E-state index contributed by atoms with van der Waals surface area (Å²) >= 11 is 0. The van der Waals surface area contributed by atoms with Crippen molar-refractivity contribution in [2.75, 3.05) is 51.2 Å². The number of carbonyl (C=O) groups excluding carboxylic acids is 1. The SMILES string of the molecule is CCNC(=NCCCN1CCCCCC1=O)NCCN(C)c1ccccc1.I. The Morgan fingerprint density at radius 2 is 1.96 bits per heavy atom. The van der Waals surface area contributed by atoms with Gasteiger partial charge in [0.15, 0.2) is 5.96 Å². The summed E-state index contributed by atoms with van der Waals surface area (Å²) in [6, 6.07) is 10.4. The van der Waals surface area contributed by atoms with Crippen LogP contribution in [0, 0.1) is 0 Å². The molecule has 1 amide bonds. The summed E-state index contributed by atoms with van der Waals surface area (Å²) in [5.74, 6) is 1.16. The number of guanidine groups is 1. The number of rotatable bonds is 9. The van der Waals surface area contributed by atoms with Gasteiger partial charge in [-0.25, -0.2) is 0 Å². The lowest BCUT2D eigenvalue weighted by Gasteiger charge is -2.21. The highest BCUT2D eigenvalue weighted by atomic mass is 127. The van der Waals surface area contributed by atoms with Gasteiger partial charge >= 0.3 is 0 Å². The molecule has 0 saturated carbocycles. The molecule has 1 heterocycles. The average Bonchev–Trinajstić information content (AvgIpc) is 2.90. The minimum atomic E-state index is 0. The molecule has 0 bridgehead atoms. The first-order chi connectivity index (χ1) is 13.2. The van der Waals surface area contributed by atoms with E-state index in [1.54, 1.807) is 0 Å². The van der Waals surface area contributed by atoms with Gasteiger partial charge in [-0.15, -0.1) is 24.0 Å². The largest absolute Gasteiger partial charge is 0.373 e. The Hall–Kier alpha value is -1.51. The number of nitrogens with zero attached hydrogens (tertiary/aromatic N) is 3. The molecule has 6 nitrogen and oxygen atoms in total. The number of likely N-dealkylation sites (tertiary alicyclic amines) is 1. The van der Waals surface area contributed by atoms with Gasteiger partial charge in [0.1, 0.15) is 0 Å². The average molecular weight is 501 g/mol. The Labute approximate surface area is 187 Å². The Balaban J connectivity index is 0.00000392. The topological polar surface area (TPSA) is 60.0 Å². The number of nitrogens with one attached hydrogen (secondary N) is 2. The maximum absolute atomic E-state index is 12.0. The Morgan fingerprint density at radius 3 is 2.71 bits per heavy atom. The van der Waals surface area contributed by atoms with E-state index in [1.165, 1.54) is 12.1 Å². The van der Waals surface area contributed by atoms with Gasteiger partial charge in [0, 0.05) is 58.4 Å². The molecule has 1 aliphatic rings. The predicted molar refractivity (Wildman–Crippen MR) is 129 cm³/mol. The highest BCUT2D eigenvalue weighted by molar-refractivity contribution is 14.0. The van der Waals surface area contributed by atoms with Gasteiger partial charge in [0.05, 0.1) is 0 Å². The van der Waals surface area contributed by atoms with Crippen LogP contribution in [0.25, 0.3) is 0 Å². The molecule has 7 heteroatoms. The summed E-state index contributed by atoms with van der Waals surface area (Å²) in [5, 5.41) is 6.69. The van der Waals surface area contributed by atoms with Gasteiger partial charge < -0.3 is 20.4 Å². The molecule has 1 aliphatic heterocycles. The minimum Gasteiger partial charge on any atom is -0.373 e. The van der Waals surface area contributed by atoms with Crippen LogP contribution in [0.15, 0.2) is 35.3 Å². The van der Waals surface area contributed by atoms with Crippen LogP contribution in [0.4, 0.5) is 5.69 Å². The van der Waals surface area contributed by atoms with Crippen LogP contribution in [-0.4, -0.2) is 63.1 Å². The molecule has 158 valence electrons. The van der Waals surface area contributed by atoms with Gasteiger partial charge in [0.2, 0.25) is 5.91 Å². The maximum Gasteiger partial charge on any atom is 0.222 e. The van der Waals surface area contributed by atoms with Crippen molar-refractivity contribution in [3.05, 3.63) is 30.3 Å². The fourth-order valence-corrected chi connectivity index (χ4v) is 3.22. The maximum atomic E-state index is 12.0. The van der Waals surface area contributed by atoms with Crippen LogP contribution in [0.2, 0.25) is 0 Å². The molecule has 0 unspecified atom stereocenters. The molecule has 0 atom stereocenters.